The van der Waals surface area contributed by atoms with Crippen molar-refractivity contribution >= 4 is 17.3 Å². The summed E-state index contributed by atoms with van der Waals surface area (Å²) in [6.45, 7) is 3.27. The van der Waals surface area contributed by atoms with Gasteiger partial charge in [-0.2, -0.15) is 0 Å². The number of aromatic hydroxyl groups is 1. The van der Waals surface area contributed by atoms with Crippen LogP contribution < -0.4 is 0 Å². The van der Waals surface area contributed by atoms with E-state index in [4.69, 9.17) is 11.6 Å². The monoisotopic (exact) mass is 201 g/mol. The quantitative estimate of drug-likeness (QED) is 0.561. The van der Waals surface area contributed by atoms with Crippen LogP contribution in [-0.4, -0.2) is 10.0 Å². The summed E-state index contributed by atoms with van der Waals surface area (Å²) >= 11 is 5.58. The molecule has 1 rings (SSSR count). The number of rotatable bonds is 1. The Morgan fingerprint density at radius 1 is 1.54 bits per heavy atom. The third-order valence-corrected chi connectivity index (χ3v) is 2.21. The second-order valence-electron chi connectivity index (χ2n) is 2.75. The first-order chi connectivity index (χ1) is 5.95. The fourth-order valence-electron chi connectivity index (χ4n) is 1.07. The van der Waals surface area contributed by atoms with Gasteiger partial charge in [0, 0.05) is 5.56 Å². The van der Waals surface area contributed by atoms with Gasteiger partial charge in [-0.25, -0.2) is 0 Å². The van der Waals surface area contributed by atoms with Gasteiger partial charge in [-0.3, -0.25) is 10.1 Å². The van der Waals surface area contributed by atoms with Gasteiger partial charge in [0.25, 0.3) is 0 Å². The maximum atomic E-state index is 10.5. The first kappa shape index (κ1) is 9.80. The highest BCUT2D eigenvalue weighted by molar-refractivity contribution is 6.32. The van der Waals surface area contributed by atoms with Gasteiger partial charge < -0.3 is 5.11 Å². The van der Waals surface area contributed by atoms with Crippen molar-refractivity contribution < 1.29 is 10.0 Å². The predicted octanol–water partition coefficient (Wildman–Crippen LogP) is 2.57. The zero-order valence-corrected chi connectivity index (χ0v) is 7.92. The van der Waals surface area contributed by atoms with E-state index in [0.717, 1.165) is 0 Å². The van der Waals surface area contributed by atoms with Crippen molar-refractivity contribution in [2.24, 2.45) is 0 Å². The number of phenolic OH excluding ortho intramolecular Hbond substituents is 1. The number of nitro groups is 1. The zero-order valence-electron chi connectivity index (χ0n) is 7.17. The van der Waals surface area contributed by atoms with Crippen molar-refractivity contribution in [3.8, 4) is 5.75 Å². The zero-order chi connectivity index (χ0) is 10.2. The van der Waals surface area contributed by atoms with Crippen LogP contribution in [-0.2, 0) is 0 Å². The average Bonchev–Trinajstić information content (AvgIpc) is 2.01. The highest BCUT2D eigenvalue weighted by atomic mass is 35.5. The molecule has 0 aliphatic carbocycles. The molecule has 0 aromatic heterocycles. The Kier molecular flexibility index (Phi) is 2.43. The van der Waals surface area contributed by atoms with E-state index in [1.807, 2.05) is 0 Å². The number of halogens is 1. The normalized spacial score (nSPS) is 10.1. The third kappa shape index (κ3) is 1.58. The first-order valence-electron chi connectivity index (χ1n) is 3.58. The molecular weight excluding hydrogens is 194 g/mol. The molecule has 0 fully saturated rings. The van der Waals surface area contributed by atoms with Crippen molar-refractivity contribution in [2.75, 3.05) is 0 Å². The number of hydrogen-bond donors (Lipinski definition) is 1. The molecule has 5 heteroatoms. The molecule has 70 valence electrons. The van der Waals surface area contributed by atoms with Crippen LogP contribution in [0.15, 0.2) is 6.07 Å². The Hall–Kier alpha value is -1.29. The van der Waals surface area contributed by atoms with Crippen molar-refractivity contribution in [3.63, 3.8) is 0 Å². The van der Waals surface area contributed by atoms with Crippen molar-refractivity contribution in [3.05, 3.63) is 32.3 Å². The van der Waals surface area contributed by atoms with E-state index in [1.54, 1.807) is 13.8 Å². The van der Waals surface area contributed by atoms with E-state index >= 15 is 0 Å². The van der Waals surface area contributed by atoms with E-state index in [9.17, 15) is 15.2 Å². The van der Waals surface area contributed by atoms with Gasteiger partial charge >= 0.3 is 5.69 Å². The molecule has 0 radical (unpaired) electrons. The Morgan fingerprint density at radius 2 is 2.08 bits per heavy atom. The van der Waals surface area contributed by atoms with Crippen molar-refractivity contribution in [1.29, 1.82) is 0 Å². The van der Waals surface area contributed by atoms with E-state index in [-0.39, 0.29) is 10.7 Å². The molecular formula is C8H8ClNO3. The summed E-state index contributed by atoms with van der Waals surface area (Å²) in [6.07, 6.45) is 0. The van der Waals surface area contributed by atoms with Crippen LogP contribution in [0.3, 0.4) is 0 Å². The first-order valence-corrected chi connectivity index (χ1v) is 3.96. The molecule has 13 heavy (non-hydrogen) atoms. The highest BCUT2D eigenvalue weighted by Crippen LogP contribution is 2.37. The minimum absolute atomic E-state index is 0.00907. The molecule has 0 aliphatic heterocycles. The molecule has 0 saturated carbocycles. The molecule has 0 atom stereocenters. The van der Waals surface area contributed by atoms with E-state index in [2.05, 4.69) is 0 Å². The van der Waals surface area contributed by atoms with Crippen molar-refractivity contribution in [2.45, 2.75) is 13.8 Å². The number of nitrogens with zero attached hydrogens (tertiary/aromatic N) is 1. The van der Waals surface area contributed by atoms with Gasteiger partial charge in [0.1, 0.15) is 0 Å². The Bertz CT molecular complexity index is 350. The SMILES string of the molecule is Cc1cc(Cl)c(O)c([N+](=O)[O-])c1C. The number of phenols is 1. The maximum Gasteiger partial charge on any atom is 0.315 e. The fraction of sp³-hybridized carbons (Fsp3) is 0.250. The topological polar surface area (TPSA) is 63.4 Å². The second-order valence-corrected chi connectivity index (χ2v) is 3.16. The number of hydrogen-bond acceptors (Lipinski definition) is 3. The van der Waals surface area contributed by atoms with E-state index in [1.165, 1.54) is 6.07 Å². The fourth-order valence-corrected chi connectivity index (χ4v) is 1.32. The van der Waals surface area contributed by atoms with E-state index in [0.29, 0.717) is 11.1 Å². The minimum Gasteiger partial charge on any atom is -0.501 e. The molecule has 0 heterocycles. The third-order valence-electron chi connectivity index (χ3n) is 1.92. The summed E-state index contributed by atoms with van der Waals surface area (Å²) < 4.78 is 0. The lowest BCUT2D eigenvalue weighted by Crippen LogP contribution is -1.95. The van der Waals surface area contributed by atoms with E-state index < -0.39 is 10.7 Å². The van der Waals surface area contributed by atoms with Crippen LogP contribution in [0, 0.1) is 24.0 Å². The molecule has 0 aliphatic rings. The van der Waals surface area contributed by atoms with Gasteiger partial charge in [0.2, 0.25) is 5.75 Å². The lowest BCUT2D eigenvalue weighted by atomic mass is 10.1. The molecule has 0 amide bonds. The molecule has 1 aromatic rings. The summed E-state index contributed by atoms with van der Waals surface area (Å²) in [6, 6.07) is 1.50. The van der Waals surface area contributed by atoms with Crippen LogP contribution in [0.1, 0.15) is 11.1 Å². The Labute approximate surface area is 79.9 Å². The molecule has 0 saturated heterocycles. The summed E-state index contributed by atoms with van der Waals surface area (Å²) in [4.78, 5) is 9.90. The van der Waals surface area contributed by atoms with Crippen LogP contribution in [0.5, 0.6) is 5.75 Å². The summed E-state index contributed by atoms with van der Waals surface area (Å²) in [5, 5.41) is 19.8. The van der Waals surface area contributed by atoms with Crippen LogP contribution in [0.25, 0.3) is 0 Å². The summed E-state index contributed by atoms with van der Waals surface area (Å²) in [7, 11) is 0. The number of nitro benzene ring substituents is 1. The number of aryl methyl sites for hydroxylation is 1. The molecule has 4 nitrogen and oxygen atoms in total. The van der Waals surface area contributed by atoms with Gasteiger partial charge in [0.15, 0.2) is 0 Å². The Morgan fingerprint density at radius 3 is 2.54 bits per heavy atom. The Balaban J connectivity index is 3.56. The van der Waals surface area contributed by atoms with Gasteiger partial charge in [-0.1, -0.05) is 11.6 Å². The molecule has 0 spiro atoms. The minimum atomic E-state index is -0.635. The van der Waals surface area contributed by atoms with Gasteiger partial charge in [-0.05, 0) is 25.5 Å². The smallest absolute Gasteiger partial charge is 0.315 e. The lowest BCUT2D eigenvalue weighted by molar-refractivity contribution is -0.386. The summed E-state index contributed by atoms with van der Waals surface area (Å²) in [5.74, 6) is -0.463. The predicted molar refractivity (Wildman–Crippen MR) is 49.2 cm³/mol. The van der Waals surface area contributed by atoms with Crippen LogP contribution >= 0.6 is 11.6 Å². The second kappa shape index (κ2) is 3.22. The average molecular weight is 202 g/mol. The van der Waals surface area contributed by atoms with Crippen LogP contribution in [0.4, 0.5) is 5.69 Å². The number of benzene rings is 1. The van der Waals surface area contributed by atoms with Gasteiger partial charge in [0.05, 0.1) is 9.95 Å². The lowest BCUT2D eigenvalue weighted by Gasteiger charge is -2.04. The largest absolute Gasteiger partial charge is 0.501 e. The maximum absolute atomic E-state index is 10.5. The molecule has 1 N–H and O–H groups in total. The summed E-state index contributed by atoms with van der Waals surface area (Å²) in [5.41, 5.74) is 0.811. The molecule has 1 aromatic carbocycles. The van der Waals surface area contributed by atoms with Crippen molar-refractivity contribution in [1.82, 2.24) is 0 Å². The standard InChI is InChI=1S/C8H8ClNO3/c1-4-3-6(9)8(11)7(5(4)2)10(12)13/h3,11H,1-2H3. The van der Waals surface area contributed by atoms with Crippen LogP contribution in [0.2, 0.25) is 5.02 Å². The molecule has 0 bridgehead atoms. The highest BCUT2D eigenvalue weighted by Gasteiger charge is 2.21. The van der Waals surface area contributed by atoms with Gasteiger partial charge in [-0.15, -0.1) is 0 Å². The molecule has 0 unspecified atom stereocenters.